The summed E-state index contributed by atoms with van der Waals surface area (Å²) >= 11 is 5.96. The maximum absolute atomic E-state index is 12.5. The summed E-state index contributed by atoms with van der Waals surface area (Å²) in [5, 5.41) is 29.5. The number of aliphatic hydroxyl groups is 1. The van der Waals surface area contributed by atoms with Gasteiger partial charge in [-0.1, -0.05) is 18.5 Å². The Morgan fingerprint density at radius 2 is 1.97 bits per heavy atom. The van der Waals surface area contributed by atoms with Crippen LogP contribution in [-0.4, -0.2) is 75.1 Å². The Hall–Kier alpha value is -2.42. The standard InChI is InChI=1S/C23H29ClN2O6/c1-11-8-14(9-16(24)21(11)29)17(28)6-5-7-25(4)10-15-12(2)19-18(13(3)27)22(30)26(19)20(15)23(31)32/h8-9,12-13,18-19,27,29H,5-7,10H2,1-4H3,(H,31,32)/t12-,13+,18+,19+/m0/s1. The van der Waals surface area contributed by atoms with E-state index in [9.17, 15) is 29.7 Å². The molecule has 4 atom stereocenters. The summed E-state index contributed by atoms with van der Waals surface area (Å²) in [6.45, 7) is 6.03. The Kier molecular flexibility index (Phi) is 6.97. The fourth-order valence-corrected chi connectivity index (χ4v) is 5.04. The van der Waals surface area contributed by atoms with Gasteiger partial charge < -0.3 is 25.1 Å². The van der Waals surface area contributed by atoms with Gasteiger partial charge in [0.1, 0.15) is 11.4 Å². The molecule has 1 fully saturated rings. The number of ketones is 1. The number of benzene rings is 1. The molecule has 1 aromatic carbocycles. The summed E-state index contributed by atoms with van der Waals surface area (Å²) in [4.78, 5) is 40.0. The molecule has 8 nitrogen and oxygen atoms in total. The molecule has 3 N–H and O–H groups in total. The van der Waals surface area contributed by atoms with Crippen molar-refractivity contribution in [3.63, 3.8) is 0 Å². The summed E-state index contributed by atoms with van der Waals surface area (Å²) in [6.07, 6.45) is 0.00318. The number of carboxylic acid groups (broad SMARTS) is 1. The highest BCUT2D eigenvalue weighted by molar-refractivity contribution is 6.32. The summed E-state index contributed by atoms with van der Waals surface area (Å²) in [5.41, 5.74) is 1.66. The number of phenolic OH excluding ortho intramolecular Hbond substituents is 1. The lowest BCUT2D eigenvalue weighted by atomic mass is 9.77. The number of hydrogen-bond acceptors (Lipinski definition) is 6. The average molecular weight is 465 g/mol. The van der Waals surface area contributed by atoms with E-state index in [1.165, 1.54) is 11.0 Å². The lowest BCUT2D eigenvalue weighted by molar-refractivity contribution is -0.163. The van der Waals surface area contributed by atoms with Crippen LogP contribution in [0.1, 0.15) is 42.6 Å². The topological polar surface area (TPSA) is 118 Å². The van der Waals surface area contributed by atoms with Gasteiger partial charge in [-0.3, -0.25) is 9.59 Å². The fourth-order valence-electron chi connectivity index (χ4n) is 4.77. The van der Waals surface area contributed by atoms with Gasteiger partial charge in [-0.05, 0) is 57.1 Å². The van der Waals surface area contributed by atoms with E-state index >= 15 is 0 Å². The van der Waals surface area contributed by atoms with Crippen molar-refractivity contribution in [3.05, 3.63) is 39.6 Å². The molecule has 1 amide bonds. The van der Waals surface area contributed by atoms with Crippen LogP contribution in [0.3, 0.4) is 0 Å². The van der Waals surface area contributed by atoms with E-state index in [4.69, 9.17) is 11.6 Å². The number of β-lactam (4-membered cyclic amide) rings is 1. The highest BCUT2D eigenvalue weighted by Crippen LogP contribution is 2.47. The van der Waals surface area contributed by atoms with Crippen LogP contribution in [0, 0.1) is 18.8 Å². The molecule has 9 heteroatoms. The van der Waals surface area contributed by atoms with Crippen molar-refractivity contribution in [3.8, 4) is 5.75 Å². The minimum atomic E-state index is -1.14. The highest BCUT2D eigenvalue weighted by Gasteiger charge is 2.59. The number of nitrogens with zero attached hydrogens (tertiary/aromatic N) is 2. The largest absolute Gasteiger partial charge is 0.506 e. The number of likely N-dealkylation sites (N-methyl/N-ethyl adjacent to an activating group) is 1. The van der Waals surface area contributed by atoms with Crippen LogP contribution in [-0.2, 0) is 9.59 Å². The van der Waals surface area contributed by atoms with E-state index in [-0.39, 0.29) is 46.5 Å². The molecule has 1 aromatic rings. The lowest BCUT2D eigenvalue weighted by Crippen LogP contribution is -2.63. The molecule has 0 saturated carbocycles. The summed E-state index contributed by atoms with van der Waals surface area (Å²) in [7, 11) is 1.84. The van der Waals surface area contributed by atoms with E-state index in [1.54, 1.807) is 19.9 Å². The van der Waals surface area contributed by atoms with Crippen molar-refractivity contribution in [2.24, 2.45) is 11.8 Å². The van der Waals surface area contributed by atoms with Gasteiger partial charge >= 0.3 is 5.97 Å². The van der Waals surface area contributed by atoms with Crippen molar-refractivity contribution in [1.29, 1.82) is 0 Å². The smallest absolute Gasteiger partial charge is 0.352 e. The molecule has 32 heavy (non-hydrogen) atoms. The number of carboxylic acids is 1. The predicted octanol–water partition coefficient (Wildman–Crippen LogP) is 2.44. The molecular weight excluding hydrogens is 436 g/mol. The third-order valence-electron chi connectivity index (χ3n) is 6.48. The first kappa shape index (κ1) is 24.2. The molecule has 1 saturated heterocycles. The number of hydrogen-bond donors (Lipinski definition) is 3. The highest BCUT2D eigenvalue weighted by atomic mass is 35.5. The Labute approximate surface area is 192 Å². The maximum Gasteiger partial charge on any atom is 0.352 e. The average Bonchev–Trinajstić information content (AvgIpc) is 2.94. The number of aromatic hydroxyl groups is 1. The number of halogens is 1. The molecule has 0 unspecified atom stereocenters. The molecular formula is C23H29ClN2O6. The molecule has 3 rings (SSSR count). The quantitative estimate of drug-likeness (QED) is 0.379. The molecule has 0 aliphatic carbocycles. The molecule has 0 aromatic heterocycles. The Balaban J connectivity index is 1.62. The second-order valence-electron chi connectivity index (χ2n) is 8.82. The van der Waals surface area contributed by atoms with Gasteiger partial charge in [0.15, 0.2) is 5.78 Å². The molecule has 0 radical (unpaired) electrons. The number of carbonyl (C=O) groups is 3. The zero-order chi connectivity index (χ0) is 23.9. The van der Waals surface area contributed by atoms with E-state index in [0.29, 0.717) is 36.2 Å². The maximum atomic E-state index is 12.5. The van der Waals surface area contributed by atoms with Gasteiger partial charge in [-0.15, -0.1) is 0 Å². The zero-order valence-corrected chi connectivity index (χ0v) is 19.4. The predicted molar refractivity (Wildman–Crippen MR) is 119 cm³/mol. The van der Waals surface area contributed by atoms with Gasteiger partial charge in [0.05, 0.1) is 23.1 Å². The van der Waals surface area contributed by atoms with Crippen molar-refractivity contribution in [1.82, 2.24) is 9.80 Å². The number of rotatable bonds is 9. The number of carbonyl (C=O) groups excluding carboxylic acids is 2. The first-order valence-electron chi connectivity index (χ1n) is 10.6. The summed E-state index contributed by atoms with van der Waals surface area (Å²) in [6, 6.07) is 2.73. The third-order valence-corrected chi connectivity index (χ3v) is 6.77. The van der Waals surface area contributed by atoms with Gasteiger partial charge in [0.2, 0.25) is 5.91 Å². The van der Waals surface area contributed by atoms with Crippen molar-refractivity contribution < 1.29 is 29.7 Å². The number of phenols is 1. The zero-order valence-electron chi connectivity index (χ0n) is 18.6. The monoisotopic (exact) mass is 464 g/mol. The van der Waals surface area contributed by atoms with E-state index in [2.05, 4.69) is 0 Å². The molecule has 2 heterocycles. The van der Waals surface area contributed by atoms with Crippen LogP contribution >= 0.6 is 11.6 Å². The summed E-state index contributed by atoms with van der Waals surface area (Å²) in [5.74, 6) is -2.37. The number of Topliss-reactive ketones (excluding diaryl/α,β-unsaturated/α-hetero) is 1. The molecule has 2 aliphatic heterocycles. The first-order valence-corrected chi connectivity index (χ1v) is 11.0. The van der Waals surface area contributed by atoms with Crippen molar-refractivity contribution in [2.45, 2.75) is 45.8 Å². The van der Waals surface area contributed by atoms with Crippen LogP contribution < -0.4 is 0 Å². The molecule has 2 aliphatic rings. The van der Waals surface area contributed by atoms with Crippen LogP contribution in [0.5, 0.6) is 5.75 Å². The third kappa shape index (κ3) is 4.27. The molecule has 174 valence electrons. The van der Waals surface area contributed by atoms with Crippen molar-refractivity contribution in [2.75, 3.05) is 20.1 Å². The van der Waals surface area contributed by atoms with Crippen LogP contribution in [0.2, 0.25) is 5.02 Å². The fraction of sp³-hybridized carbons (Fsp3) is 0.522. The molecule has 0 spiro atoms. The van der Waals surface area contributed by atoms with Crippen LogP contribution in [0.25, 0.3) is 0 Å². The van der Waals surface area contributed by atoms with E-state index < -0.39 is 18.0 Å². The van der Waals surface area contributed by atoms with Gasteiger partial charge in [0, 0.05) is 24.4 Å². The Morgan fingerprint density at radius 1 is 1.31 bits per heavy atom. The number of fused-ring (bicyclic) bond motifs is 1. The first-order chi connectivity index (χ1) is 15.0. The second-order valence-corrected chi connectivity index (χ2v) is 9.23. The Morgan fingerprint density at radius 3 is 2.53 bits per heavy atom. The number of aliphatic carboxylic acids is 1. The van der Waals surface area contributed by atoms with Crippen LogP contribution in [0.15, 0.2) is 23.4 Å². The summed E-state index contributed by atoms with van der Waals surface area (Å²) < 4.78 is 0. The minimum Gasteiger partial charge on any atom is -0.506 e. The van der Waals surface area contributed by atoms with E-state index in [1.807, 2.05) is 18.9 Å². The Bertz CT molecular complexity index is 966. The second kappa shape index (κ2) is 9.21. The minimum absolute atomic E-state index is 0.0153. The molecule has 0 bridgehead atoms. The van der Waals surface area contributed by atoms with Gasteiger partial charge in [-0.25, -0.2) is 4.79 Å². The van der Waals surface area contributed by atoms with Crippen LogP contribution in [0.4, 0.5) is 0 Å². The number of amides is 1. The number of aliphatic hydroxyl groups excluding tert-OH is 1. The SMILES string of the molecule is Cc1cc(C(=O)CCCN(C)CC2=C(C(=O)O)N3C(=O)[C@H]([C@@H](C)O)[C@H]3[C@H]2C)cc(Cl)c1O. The number of aryl methyl sites for hydroxylation is 1. The van der Waals surface area contributed by atoms with Gasteiger partial charge in [0.25, 0.3) is 0 Å². The van der Waals surface area contributed by atoms with Crippen molar-refractivity contribution >= 4 is 29.3 Å². The van der Waals surface area contributed by atoms with Gasteiger partial charge in [-0.2, -0.15) is 0 Å². The van der Waals surface area contributed by atoms with E-state index in [0.717, 1.165) is 0 Å². The lowest BCUT2D eigenvalue weighted by Gasteiger charge is -2.46. The normalized spacial score (nSPS) is 23.4.